The van der Waals surface area contributed by atoms with Crippen LogP contribution >= 0.6 is 11.3 Å². The van der Waals surface area contributed by atoms with E-state index in [0.29, 0.717) is 5.13 Å². The minimum Gasteiger partial charge on any atom is -0.398 e. The van der Waals surface area contributed by atoms with E-state index in [-0.39, 0.29) is 5.56 Å². The topological polar surface area (TPSA) is 68.0 Å². The molecule has 1 aromatic heterocycles. The maximum absolute atomic E-state index is 12.6. The normalized spacial score (nSPS) is 11.3. The van der Waals surface area contributed by atoms with Crippen LogP contribution in [0.3, 0.4) is 0 Å². The highest BCUT2D eigenvalue weighted by Crippen LogP contribution is 2.34. The van der Waals surface area contributed by atoms with Gasteiger partial charge in [-0.05, 0) is 18.2 Å². The molecule has 4 nitrogen and oxygen atoms in total. The van der Waals surface area contributed by atoms with Gasteiger partial charge in [-0.25, -0.2) is 4.98 Å². The van der Waals surface area contributed by atoms with Crippen LogP contribution in [-0.2, 0) is 6.18 Å². The fourth-order valence-corrected chi connectivity index (χ4v) is 1.92. The van der Waals surface area contributed by atoms with Crippen molar-refractivity contribution in [3.05, 3.63) is 40.9 Å². The van der Waals surface area contributed by atoms with Gasteiger partial charge in [-0.1, -0.05) is 0 Å². The number of hydrogen-bond acceptors (Lipinski definition) is 4. The van der Waals surface area contributed by atoms with Crippen molar-refractivity contribution in [2.45, 2.75) is 6.18 Å². The van der Waals surface area contributed by atoms with Crippen LogP contribution in [0.25, 0.3) is 0 Å². The number of halogens is 3. The minimum absolute atomic E-state index is 0.128. The third kappa shape index (κ3) is 3.02. The lowest BCUT2D eigenvalue weighted by atomic mass is 10.1. The summed E-state index contributed by atoms with van der Waals surface area (Å²) in [4.78, 5) is 15.6. The molecule has 0 spiro atoms. The van der Waals surface area contributed by atoms with E-state index in [1.807, 2.05) is 0 Å². The van der Waals surface area contributed by atoms with E-state index in [1.165, 1.54) is 23.6 Å². The fraction of sp³-hybridized carbons (Fsp3) is 0.0909. The van der Waals surface area contributed by atoms with Gasteiger partial charge in [0, 0.05) is 22.8 Å². The zero-order valence-corrected chi connectivity index (χ0v) is 10.2. The molecule has 1 aromatic carbocycles. The highest BCUT2D eigenvalue weighted by Gasteiger charge is 2.33. The average molecular weight is 287 g/mol. The number of nitrogens with two attached hydrogens (primary N) is 1. The minimum atomic E-state index is -4.60. The number of hydrogen-bond donors (Lipinski definition) is 2. The second-order valence-electron chi connectivity index (χ2n) is 3.59. The van der Waals surface area contributed by atoms with Crippen LogP contribution in [0.4, 0.5) is 24.0 Å². The molecule has 1 heterocycles. The van der Waals surface area contributed by atoms with E-state index in [0.717, 1.165) is 12.1 Å². The van der Waals surface area contributed by atoms with Gasteiger partial charge in [0.15, 0.2) is 5.13 Å². The summed E-state index contributed by atoms with van der Waals surface area (Å²) in [5, 5.41) is 4.35. The molecule has 0 fully saturated rings. The molecule has 8 heteroatoms. The van der Waals surface area contributed by atoms with Crippen molar-refractivity contribution in [2.75, 3.05) is 11.1 Å². The molecular formula is C11H8F3N3OS. The van der Waals surface area contributed by atoms with Crippen molar-refractivity contribution < 1.29 is 18.0 Å². The molecule has 0 aliphatic heterocycles. The average Bonchev–Trinajstić information content (AvgIpc) is 2.80. The molecule has 0 atom stereocenters. The van der Waals surface area contributed by atoms with Crippen molar-refractivity contribution in [1.29, 1.82) is 0 Å². The molecule has 0 unspecified atom stereocenters. The van der Waals surface area contributed by atoms with Crippen molar-refractivity contribution in [2.24, 2.45) is 0 Å². The summed E-state index contributed by atoms with van der Waals surface area (Å²) in [5.74, 6) is -0.666. The number of amides is 1. The number of benzene rings is 1. The number of nitrogens with one attached hydrogen (secondary N) is 1. The molecule has 0 aliphatic rings. The van der Waals surface area contributed by atoms with Gasteiger partial charge in [0.25, 0.3) is 5.91 Å². The number of aromatic nitrogens is 1. The molecule has 0 saturated carbocycles. The molecule has 100 valence electrons. The van der Waals surface area contributed by atoms with Gasteiger partial charge < -0.3 is 5.73 Å². The standard InChI is InChI=1S/C11H8F3N3OS/c12-11(13,14)7-5-6(1-2-8(7)15)9(18)17-10-16-3-4-19-10/h1-5H,15H2,(H,16,17,18). The first-order valence-corrected chi connectivity index (χ1v) is 5.93. The molecule has 2 aromatic rings. The lowest BCUT2D eigenvalue weighted by Gasteiger charge is -2.11. The van der Waals surface area contributed by atoms with Crippen LogP contribution in [0.2, 0.25) is 0 Å². The van der Waals surface area contributed by atoms with Crippen LogP contribution in [0.1, 0.15) is 15.9 Å². The summed E-state index contributed by atoms with van der Waals surface area (Å²) in [5.41, 5.74) is 3.68. The van der Waals surface area contributed by atoms with Gasteiger partial charge in [-0.2, -0.15) is 13.2 Å². The SMILES string of the molecule is Nc1ccc(C(=O)Nc2nccs2)cc1C(F)(F)F. The van der Waals surface area contributed by atoms with Crippen LogP contribution in [0, 0.1) is 0 Å². The molecule has 0 aliphatic carbocycles. The summed E-state index contributed by atoms with van der Waals surface area (Å²) in [6.07, 6.45) is -3.12. The lowest BCUT2D eigenvalue weighted by molar-refractivity contribution is -0.136. The number of carbonyl (C=O) groups is 1. The number of nitrogen functional groups attached to an aromatic ring is 1. The second kappa shape index (κ2) is 4.88. The highest BCUT2D eigenvalue weighted by atomic mass is 32.1. The van der Waals surface area contributed by atoms with Crippen LogP contribution in [0.5, 0.6) is 0 Å². The third-order valence-electron chi connectivity index (χ3n) is 2.27. The van der Waals surface area contributed by atoms with Crippen LogP contribution < -0.4 is 11.1 Å². The molecule has 0 saturated heterocycles. The fourth-order valence-electron chi connectivity index (χ4n) is 1.40. The van der Waals surface area contributed by atoms with Gasteiger partial charge in [0.1, 0.15) is 0 Å². The summed E-state index contributed by atoms with van der Waals surface area (Å²) < 4.78 is 37.9. The third-order valence-corrected chi connectivity index (χ3v) is 2.96. The molecule has 3 N–H and O–H groups in total. The van der Waals surface area contributed by atoms with Crippen LogP contribution in [0.15, 0.2) is 29.8 Å². The van der Waals surface area contributed by atoms with E-state index in [2.05, 4.69) is 10.3 Å². The molecular weight excluding hydrogens is 279 g/mol. The molecule has 2 rings (SSSR count). The maximum atomic E-state index is 12.6. The first-order chi connectivity index (χ1) is 8.88. The Balaban J connectivity index is 2.28. The van der Waals surface area contributed by atoms with Crippen LogP contribution in [-0.4, -0.2) is 10.9 Å². The molecule has 19 heavy (non-hydrogen) atoms. The summed E-state index contributed by atoms with van der Waals surface area (Å²) in [7, 11) is 0. The first-order valence-electron chi connectivity index (χ1n) is 5.05. The Morgan fingerprint density at radius 2 is 2.11 bits per heavy atom. The predicted octanol–water partition coefficient (Wildman–Crippen LogP) is 3.00. The van der Waals surface area contributed by atoms with Gasteiger partial charge in [-0.3, -0.25) is 10.1 Å². The van der Waals surface area contributed by atoms with E-state index >= 15 is 0 Å². The summed E-state index contributed by atoms with van der Waals surface area (Å²) in [6.45, 7) is 0. The van der Waals surface area contributed by atoms with E-state index in [9.17, 15) is 18.0 Å². The molecule has 1 amide bonds. The molecule has 0 bridgehead atoms. The Morgan fingerprint density at radius 3 is 2.68 bits per heavy atom. The Morgan fingerprint density at radius 1 is 1.37 bits per heavy atom. The molecule has 0 radical (unpaired) electrons. The Kier molecular flexibility index (Phi) is 3.43. The van der Waals surface area contributed by atoms with Crippen molar-refractivity contribution in [1.82, 2.24) is 4.98 Å². The Labute approximate surface area is 110 Å². The largest absolute Gasteiger partial charge is 0.418 e. The van der Waals surface area contributed by atoms with E-state index < -0.39 is 23.3 Å². The Hall–Kier alpha value is -2.09. The van der Waals surface area contributed by atoms with Crippen molar-refractivity contribution >= 4 is 28.1 Å². The quantitative estimate of drug-likeness (QED) is 0.834. The van der Waals surface area contributed by atoms with Crippen molar-refractivity contribution in [3.63, 3.8) is 0 Å². The lowest BCUT2D eigenvalue weighted by Crippen LogP contribution is -2.15. The maximum Gasteiger partial charge on any atom is 0.418 e. The smallest absolute Gasteiger partial charge is 0.398 e. The summed E-state index contributed by atoms with van der Waals surface area (Å²) in [6, 6.07) is 3.01. The highest BCUT2D eigenvalue weighted by molar-refractivity contribution is 7.13. The van der Waals surface area contributed by atoms with E-state index in [4.69, 9.17) is 5.73 Å². The van der Waals surface area contributed by atoms with Gasteiger partial charge in [0.05, 0.1) is 5.56 Å². The number of alkyl halides is 3. The number of rotatable bonds is 2. The van der Waals surface area contributed by atoms with Gasteiger partial charge >= 0.3 is 6.18 Å². The Bertz CT molecular complexity index is 596. The van der Waals surface area contributed by atoms with Gasteiger partial charge in [0.2, 0.25) is 0 Å². The first kappa shape index (κ1) is 13.3. The predicted molar refractivity (Wildman–Crippen MR) is 65.9 cm³/mol. The second-order valence-corrected chi connectivity index (χ2v) is 4.49. The number of thiazole rings is 1. The number of anilines is 2. The summed E-state index contributed by atoms with van der Waals surface area (Å²) >= 11 is 1.17. The van der Waals surface area contributed by atoms with E-state index in [1.54, 1.807) is 5.38 Å². The zero-order valence-electron chi connectivity index (χ0n) is 9.36. The number of nitrogens with zero attached hydrogens (tertiary/aromatic N) is 1. The van der Waals surface area contributed by atoms with Gasteiger partial charge in [-0.15, -0.1) is 11.3 Å². The van der Waals surface area contributed by atoms with Crippen molar-refractivity contribution in [3.8, 4) is 0 Å². The number of carbonyl (C=O) groups excluding carboxylic acids is 1. The monoisotopic (exact) mass is 287 g/mol. The zero-order chi connectivity index (χ0) is 14.0.